The van der Waals surface area contributed by atoms with Gasteiger partial charge in [0.2, 0.25) is 0 Å². The van der Waals surface area contributed by atoms with Crippen LogP contribution in [-0.2, 0) is 22.5 Å². The monoisotopic (exact) mass is 486 g/mol. The molecule has 1 aliphatic carbocycles. The summed E-state index contributed by atoms with van der Waals surface area (Å²) in [7, 11) is 0. The second kappa shape index (κ2) is 10.7. The fourth-order valence-corrected chi connectivity index (χ4v) is 4.65. The fourth-order valence-electron chi connectivity index (χ4n) is 4.48. The first kappa shape index (κ1) is 23.8. The Morgan fingerprint density at radius 3 is 2.56 bits per heavy atom. The molecule has 1 aliphatic heterocycles. The van der Waals surface area contributed by atoms with Gasteiger partial charge in [0.25, 0.3) is 0 Å². The number of aliphatic carboxylic acids is 1. The van der Waals surface area contributed by atoms with E-state index in [1.165, 1.54) is 12.4 Å². The molecule has 9 nitrogen and oxygen atoms in total. The average Bonchev–Trinajstić information content (AvgIpc) is 2.79. The molecule has 2 aromatic rings. The lowest BCUT2D eigenvalue weighted by Crippen LogP contribution is -2.39. The summed E-state index contributed by atoms with van der Waals surface area (Å²) in [6.45, 7) is 0.979. The Hall–Kier alpha value is -3.33. The van der Waals surface area contributed by atoms with Gasteiger partial charge in [-0.1, -0.05) is 17.7 Å². The number of amides is 3. The van der Waals surface area contributed by atoms with E-state index in [9.17, 15) is 14.4 Å². The largest absolute Gasteiger partial charge is 0.481 e. The van der Waals surface area contributed by atoms with Crippen LogP contribution in [0.4, 0.5) is 21.0 Å². The molecule has 0 saturated heterocycles. The Labute approximate surface area is 202 Å². The molecule has 1 aromatic heterocycles. The number of carbonyl (C=O) groups is 3. The predicted molar refractivity (Wildman–Crippen MR) is 127 cm³/mol. The number of nitrogens with zero attached hydrogens (tertiary/aromatic N) is 2. The molecule has 0 atom stereocenters. The van der Waals surface area contributed by atoms with Crippen molar-refractivity contribution < 1.29 is 24.2 Å². The molecule has 0 radical (unpaired) electrons. The van der Waals surface area contributed by atoms with E-state index in [0.29, 0.717) is 48.7 Å². The first-order valence-electron chi connectivity index (χ1n) is 11.3. The van der Waals surface area contributed by atoms with Crippen LogP contribution in [0.2, 0.25) is 5.02 Å². The summed E-state index contributed by atoms with van der Waals surface area (Å²) >= 11 is 5.89. The van der Waals surface area contributed by atoms with Crippen LogP contribution >= 0.6 is 11.6 Å². The minimum atomic E-state index is -0.773. The van der Waals surface area contributed by atoms with E-state index in [1.807, 2.05) is 12.1 Å². The SMILES string of the molecule is O=C(O)C[C@H]1CC[C@H](OC(=O)N2CCc3cc(NC(=O)Nc4cncc(Cl)c4)ccc3C2)CC1. The molecule has 34 heavy (non-hydrogen) atoms. The van der Waals surface area contributed by atoms with Gasteiger partial charge in [0.05, 0.1) is 16.9 Å². The van der Waals surface area contributed by atoms with Crippen molar-refractivity contribution in [3.8, 4) is 0 Å². The smallest absolute Gasteiger partial charge is 0.410 e. The number of hydrogen-bond donors (Lipinski definition) is 3. The summed E-state index contributed by atoms with van der Waals surface area (Å²) < 4.78 is 5.70. The highest BCUT2D eigenvalue weighted by molar-refractivity contribution is 6.30. The van der Waals surface area contributed by atoms with Crippen molar-refractivity contribution in [1.82, 2.24) is 9.88 Å². The van der Waals surface area contributed by atoms with Crippen molar-refractivity contribution in [1.29, 1.82) is 0 Å². The maximum Gasteiger partial charge on any atom is 0.410 e. The molecule has 2 heterocycles. The van der Waals surface area contributed by atoms with Gasteiger partial charge >= 0.3 is 18.1 Å². The molecule has 3 N–H and O–H groups in total. The molecule has 1 saturated carbocycles. The zero-order valence-corrected chi connectivity index (χ0v) is 19.4. The van der Waals surface area contributed by atoms with Crippen LogP contribution in [0.15, 0.2) is 36.7 Å². The van der Waals surface area contributed by atoms with Crippen LogP contribution in [0.25, 0.3) is 0 Å². The highest BCUT2D eigenvalue weighted by Gasteiger charge is 2.28. The van der Waals surface area contributed by atoms with Gasteiger partial charge < -0.3 is 25.4 Å². The van der Waals surface area contributed by atoms with Crippen LogP contribution in [0.5, 0.6) is 0 Å². The number of rotatable bonds is 5. The van der Waals surface area contributed by atoms with Gasteiger partial charge in [-0.15, -0.1) is 0 Å². The normalized spacial score (nSPS) is 19.6. The van der Waals surface area contributed by atoms with Crippen LogP contribution in [0.1, 0.15) is 43.2 Å². The molecular formula is C24H27ClN4O5. The molecule has 4 rings (SSSR count). The molecular weight excluding hydrogens is 460 g/mol. The van der Waals surface area contributed by atoms with Crippen LogP contribution < -0.4 is 10.6 Å². The Kier molecular flexibility index (Phi) is 7.52. The van der Waals surface area contributed by atoms with Crippen molar-refractivity contribution in [2.45, 2.75) is 51.2 Å². The third-order valence-electron chi connectivity index (χ3n) is 6.22. The Morgan fingerprint density at radius 1 is 1.06 bits per heavy atom. The quantitative estimate of drug-likeness (QED) is 0.552. The maximum absolute atomic E-state index is 12.7. The number of carbonyl (C=O) groups excluding carboxylic acids is 2. The second-order valence-electron chi connectivity index (χ2n) is 8.75. The Morgan fingerprint density at radius 2 is 1.82 bits per heavy atom. The molecule has 1 aromatic carbocycles. The van der Waals surface area contributed by atoms with E-state index in [2.05, 4.69) is 15.6 Å². The third kappa shape index (κ3) is 6.38. The van der Waals surface area contributed by atoms with Gasteiger partial charge in [-0.25, -0.2) is 9.59 Å². The number of pyridine rings is 1. The van der Waals surface area contributed by atoms with Gasteiger partial charge in [0.15, 0.2) is 0 Å². The van der Waals surface area contributed by atoms with E-state index in [0.717, 1.165) is 24.0 Å². The van der Waals surface area contributed by atoms with Crippen molar-refractivity contribution in [2.24, 2.45) is 5.92 Å². The summed E-state index contributed by atoms with van der Waals surface area (Å²) in [5.41, 5.74) is 3.23. The van der Waals surface area contributed by atoms with Crippen molar-refractivity contribution in [3.63, 3.8) is 0 Å². The van der Waals surface area contributed by atoms with E-state index >= 15 is 0 Å². The summed E-state index contributed by atoms with van der Waals surface area (Å²) in [5.74, 6) is -0.605. The lowest BCUT2D eigenvalue weighted by atomic mass is 9.85. The van der Waals surface area contributed by atoms with E-state index in [1.54, 1.807) is 17.0 Å². The highest BCUT2D eigenvalue weighted by atomic mass is 35.5. The average molecular weight is 487 g/mol. The number of benzene rings is 1. The molecule has 1 fully saturated rings. The standard InChI is InChI=1S/C24H27ClN4O5/c25-18-11-20(13-26-12-18)28-23(32)27-19-4-3-17-14-29(8-7-16(17)10-19)24(33)34-21-5-1-15(2-6-21)9-22(30)31/h3-4,10-13,15,21H,1-2,5-9,14H2,(H,30,31)(H2,27,28,32)/t15-,21-. The lowest BCUT2D eigenvalue weighted by molar-refractivity contribution is -0.138. The van der Waals surface area contributed by atoms with Gasteiger partial charge in [-0.2, -0.15) is 0 Å². The maximum atomic E-state index is 12.7. The predicted octanol–water partition coefficient (Wildman–Crippen LogP) is 4.91. The Balaban J connectivity index is 1.27. The molecule has 180 valence electrons. The number of carboxylic acids is 1. The number of carboxylic acid groups (broad SMARTS) is 1. The number of fused-ring (bicyclic) bond motifs is 1. The summed E-state index contributed by atoms with van der Waals surface area (Å²) in [6.07, 6.45) is 6.29. The van der Waals surface area contributed by atoms with Gasteiger partial charge in [-0.3, -0.25) is 9.78 Å². The zero-order valence-electron chi connectivity index (χ0n) is 18.6. The Bertz CT molecular complexity index is 1070. The van der Waals surface area contributed by atoms with Crippen LogP contribution in [0, 0.1) is 5.92 Å². The number of ether oxygens (including phenoxy) is 1. The molecule has 0 bridgehead atoms. The van der Waals surface area contributed by atoms with Gasteiger partial charge in [0.1, 0.15) is 6.10 Å². The van der Waals surface area contributed by atoms with Crippen molar-refractivity contribution >= 4 is 41.1 Å². The molecule has 0 unspecified atom stereocenters. The number of hydrogen-bond acceptors (Lipinski definition) is 5. The molecule has 3 amide bonds. The zero-order chi connectivity index (χ0) is 24.1. The first-order chi connectivity index (χ1) is 16.4. The number of aromatic nitrogens is 1. The van der Waals surface area contributed by atoms with Crippen LogP contribution in [-0.4, -0.2) is 45.7 Å². The third-order valence-corrected chi connectivity index (χ3v) is 6.43. The summed E-state index contributed by atoms with van der Waals surface area (Å²) in [6, 6.07) is 6.83. The summed E-state index contributed by atoms with van der Waals surface area (Å²) in [5, 5.41) is 14.9. The van der Waals surface area contributed by atoms with Crippen molar-refractivity contribution in [3.05, 3.63) is 52.8 Å². The highest BCUT2D eigenvalue weighted by Crippen LogP contribution is 2.30. The van der Waals surface area contributed by atoms with E-state index in [4.69, 9.17) is 21.4 Å². The second-order valence-corrected chi connectivity index (χ2v) is 9.19. The summed E-state index contributed by atoms with van der Waals surface area (Å²) in [4.78, 5) is 41.4. The van der Waals surface area contributed by atoms with Gasteiger partial charge in [-0.05, 0) is 67.3 Å². The number of anilines is 2. The van der Waals surface area contributed by atoms with Gasteiger partial charge in [0, 0.05) is 31.4 Å². The molecule has 0 spiro atoms. The topological polar surface area (TPSA) is 121 Å². The van der Waals surface area contributed by atoms with E-state index < -0.39 is 12.0 Å². The molecule has 10 heteroatoms. The minimum absolute atomic E-state index is 0.154. The van der Waals surface area contributed by atoms with Crippen molar-refractivity contribution in [2.75, 3.05) is 17.2 Å². The van der Waals surface area contributed by atoms with E-state index in [-0.39, 0.29) is 24.5 Å². The number of urea groups is 1. The van der Waals surface area contributed by atoms with Crippen LogP contribution in [0.3, 0.4) is 0 Å². The number of nitrogens with one attached hydrogen (secondary N) is 2. The molecule has 2 aliphatic rings. The number of halogens is 1. The lowest BCUT2D eigenvalue weighted by Gasteiger charge is -2.32. The fraction of sp³-hybridized carbons (Fsp3) is 0.417. The minimum Gasteiger partial charge on any atom is -0.481 e. The first-order valence-corrected chi connectivity index (χ1v) is 11.7.